The van der Waals surface area contributed by atoms with Crippen molar-refractivity contribution in [2.75, 3.05) is 19.0 Å². The summed E-state index contributed by atoms with van der Waals surface area (Å²) < 4.78 is 10.9. The van der Waals surface area contributed by atoms with Crippen molar-refractivity contribution in [3.63, 3.8) is 0 Å². The molecule has 2 aromatic rings. The second-order valence-electron chi connectivity index (χ2n) is 3.86. The maximum atomic E-state index is 10.1. The lowest BCUT2D eigenvalue weighted by Gasteiger charge is -2.13. The van der Waals surface area contributed by atoms with E-state index in [1.807, 2.05) is 24.3 Å². The molecule has 0 aromatic heterocycles. The molecule has 0 spiro atoms. The Morgan fingerprint density at radius 1 is 1.17 bits per heavy atom. The lowest BCUT2D eigenvalue weighted by Crippen LogP contribution is -1.99. The molecule has 1 N–H and O–H groups in total. The molecule has 18 heavy (non-hydrogen) atoms. The summed E-state index contributed by atoms with van der Waals surface area (Å²) in [5.74, 6) is 1.32. The molecule has 0 saturated heterocycles. The van der Waals surface area contributed by atoms with Crippen LogP contribution in [0.25, 0.3) is 10.8 Å². The van der Waals surface area contributed by atoms with Crippen LogP contribution < -0.4 is 9.47 Å². The van der Waals surface area contributed by atoms with Crippen molar-refractivity contribution in [1.29, 1.82) is 0 Å². The molecule has 0 aliphatic carbocycles. The molecule has 96 valence electrons. The average Bonchev–Trinajstić information content (AvgIpc) is 2.42. The summed E-state index contributed by atoms with van der Waals surface area (Å²) in [6.45, 7) is 0.628. The first-order valence-corrected chi connectivity index (χ1v) is 6.87. The highest BCUT2D eigenvalue weighted by atomic mass is 79.9. The van der Waals surface area contributed by atoms with Crippen molar-refractivity contribution in [2.45, 2.75) is 6.42 Å². The number of methoxy groups -OCH3 is 1. The molecule has 4 heteroatoms. The number of ether oxygens (including phenoxy) is 2. The minimum Gasteiger partial charge on any atom is -0.504 e. The maximum Gasteiger partial charge on any atom is 0.165 e. The summed E-state index contributed by atoms with van der Waals surface area (Å²) in [5, 5.41) is 12.6. The standard InChI is InChI=1S/C14H15BrO3/c1-17-13-9-12(18-8-4-7-15)10-5-2-3-6-11(10)14(13)16/h2-3,5-6,9,16H,4,7-8H2,1H3. The molecule has 0 bridgehead atoms. The zero-order valence-electron chi connectivity index (χ0n) is 10.1. The smallest absolute Gasteiger partial charge is 0.165 e. The number of phenolic OH excluding ortho intramolecular Hbond substituents is 1. The Morgan fingerprint density at radius 3 is 2.56 bits per heavy atom. The summed E-state index contributed by atoms with van der Waals surface area (Å²) in [6.07, 6.45) is 0.928. The molecule has 0 aliphatic heterocycles. The summed E-state index contributed by atoms with van der Waals surface area (Å²) in [4.78, 5) is 0. The zero-order chi connectivity index (χ0) is 13.0. The second kappa shape index (κ2) is 5.96. The highest BCUT2D eigenvalue weighted by Gasteiger charge is 2.12. The van der Waals surface area contributed by atoms with Crippen molar-refractivity contribution in [2.24, 2.45) is 0 Å². The van der Waals surface area contributed by atoms with E-state index in [0.717, 1.165) is 28.3 Å². The fourth-order valence-electron chi connectivity index (χ4n) is 1.81. The van der Waals surface area contributed by atoms with Crippen LogP contribution in [0, 0.1) is 0 Å². The summed E-state index contributed by atoms with van der Waals surface area (Å²) in [6, 6.07) is 9.31. The van der Waals surface area contributed by atoms with Gasteiger partial charge in [0.25, 0.3) is 0 Å². The Labute approximate surface area is 114 Å². The Kier molecular flexibility index (Phi) is 4.31. The predicted octanol–water partition coefficient (Wildman–Crippen LogP) is 3.72. The third-order valence-corrected chi connectivity index (χ3v) is 3.26. The molecular formula is C14H15BrO3. The Hall–Kier alpha value is -1.42. The lowest BCUT2D eigenvalue weighted by molar-refractivity contribution is 0.318. The molecular weight excluding hydrogens is 296 g/mol. The maximum absolute atomic E-state index is 10.1. The fraction of sp³-hybridized carbons (Fsp3) is 0.286. The van der Waals surface area contributed by atoms with Crippen LogP contribution in [0.5, 0.6) is 17.2 Å². The van der Waals surface area contributed by atoms with E-state index in [0.29, 0.717) is 12.4 Å². The van der Waals surface area contributed by atoms with E-state index in [4.69, 9.17) is 9.47 Å². The van der Waals surface area contributed by atoms with Crippen LogP contribution in [-0.2, 0) is 0 Å². The van der Waals surface area contributed by atoms with Crippen LogP contribution in [0.2, 0.25) is 0 Å². The van der Waals surface area contributed by atoms with Gasteiger partial charge in [0, 0.05) is 22.2 Å². The van der Waals surface area contributed by atoms with Gasteiger partial charge in [-0.2, -0.15) is 0 Å². The number of aromatic hydroxyl groups is 1. The number of fused-ring (bicyclic) bond motifs is 1. The average molecular weight is 311 g/mol. The monoisotopic (exact) mass is 310 g/mol. The Morgan fingerprint density at radius 2 is 1.89 bits per heavy atom. The van der Waals surface area contributed by atoms with Crippen molar-refractivity contribution in [3.8, 4) is 17.2 Å². The predicted molar refractivity (Wildman–Crippen MR) is 76.1 cm³/mol. The molecule has 0 radical (unpaired) electrons. The van der Waals surface area contributed by atoms with Crippen LogP contribution in [0.1, 0.15) is 6.42 Å². The number of alkyl halides is 1. The van der Waals surface area contributed by atoms with Gasteiger partial charge in [-0.05, 0) is 6.42 Å². The van der Waals surface area contributed by atoms with E-state index in [9.17, 15) is 5.11 Å². The first-order chi connectivity index (χ1) is 8.77. The third kappa shape index (κ3) is 2.53. The van der Waals surface area contributed by atoms with Crippen LogP contribution in [-0.4, -0.2) is 24.2 Å². The minimum atomic E-state index is 0.154. The van der Waals surface area contributed by atoms with E-state index < -0.39 is 0 Å². The number of rotatable bonds is 5. The van der Waals surface area contributed by atoms with Gasteiger partial charge in [-0.1, -0.05) is 40.2 Å². The minimum absolute atomic E-state index is 0.154. The van der Waals surface area contributed by atoms with Gasteiger partial charge in [0.15, 0.2) is 11.5 Å². The molecule has 3 nitrogen and oxygen atoms in total. The van der Waals surface area contributed by atoms with Gasteiger partial charge in [-0.25, -0.2) is 0 Å². The van der Waals surface area contributed by atoms with Gasteiger partial charge in [-0.3, -0.25) is 0 Å². The number of benzene rings is 2. The van der Waals surface area contributed by atoms with Gasteiger partial charge in [0.2, 0.25) is 0 Å². The number of hydrogen-bond donors (Lipinski definition) is 1. The van der Waals surface area contributed by atoms with E-state index in [1.54, 1.807) is 6.07 Å². The summed E-state index contributed by atoms with van der Waals surface area (Å²) >= 11 is 3.37. The highest BCUT2D eigenvalue weighted by Crippen LogP contribution is 2.40. The largest absolute Gasteiger partial charge is 0.504 e. The molecule has 0 saturated carbocycles. The van der Waals surface area contributed by atoms with Crippen molar-refractivity contribution < 1.29 is 14.6 Å². The summed E-state index contributed by atoms with van der Waals surface area (Å²) in [5.41, 5.74) is 0. The Balaban J connectivity index is 2.47. The summed E-state index contributed by atoms with van der Waals surface area (Å²) in [7, 11) is 1.53. The lowest BCUT2D eigenvalue weighted by atomic mass is 10.1. The zero-order valence-corrected chi connectivity index (χ0v) is 11.7. The molecule has 2 aromatic carbocycles. The molecule has 0 amide bonds. The first-order valence-electron chi connectivity index (χ1n) is 5.75. The molecule has 0 fully saturated rings. The highest BCUT2D eigenvalue weighted by molar-refractivity contribution is 9.09. The number of halogens is 1. The van der Waals surface area contributed by atoms with Crippen LogP contribution in [0.4, 0.5) is 0 Å². The molecule has 0 atom stereocenters. The second-order valence-corrected chi connectivity index (χ2v) is 4.66. The van der Waals surface area contributed by atoms with Gasteiger partial charge < -0.3 is 14.6 Å². The van der Waals surface area contributed by atoms with Crippen molar-refractivity contribution in [3.05, 3.63) is 30.3 Å². The number of hydrogen-bond acceptors (Lipinski definition) is 3. The molecule has 0 heterocycles. The topological polar surface area (TPSA) is 38.7 Å². The SMILES string of the molecule is COc1cc(OCCCBr)c2ccccc2c1O. The van der Waals surface area contributed by atoms with E-state index in [2.05, 4.69) is 15.9 Å². The molecule has 2 rings (SSSR count). The normalized spacial score (nSPS) is 10.6. The van der Waals surface area contributed by atoms with Crippen molar-refractivity contribution >= 4 is 26.7 Å². The van der Waals surface area contributed by atoms with Gasteiger partial charge in [-0.15, -0.1) is 0 Å². The Bertz CT molecular complexity index is 540. The fourth-order valence-corrected chi connectivity index (χ4v) is 2.04. The molecule has 0 aliphatic rings. The van der Waals surface area contributed by atoms with Crippen LogP contribution in [0.15, 0.2) is 30.3 Å². The molecule has 0 unspecified atom stereocenters. The number of phenols is 1. The van der Waals surface area contributed by atoms with Gasteiger partial charge in [0.05, 0.1) is 13.7 Å². The third-order valence-electron chi connectivity index (χ3n) is 2.70. The van der Waals surface area contributed by atoms with Crippen LogP contribution in [0.3, 0.4) is 0 Å². The van der Waals surface area contributed by atoms with Crippen molar-refractivity contribution in [1.82, 2.24) is 0 Å². The van der Waals surface area contributed by atoms with E-state index in [-0.39, 0.29) is 5.75 Å². The van der Waals surface area contributed by atoms with Gasteiger partial charge >= 0.3 is 0 Å². The quantitative estimate of drug-likeness (QED) is 0.675. The van der Waals surface area contributed by atoms with Crippen LogP contribution >= 0.6 is 15.9 Å². The van der Waals surface area contributed by atoms with E-state index >= 15 is 0 Å². The van der Waals surface area contributed by atoms with Gasteiger partial charge in [0.1, 0.15) is 5.75 Å². The first kappa shape index (κ1) is 13.0. The van der Waals surface area contributed by atoms with E-state index in [1.165, 1.54) is 7.11 Å².